The highest BCUT2D eigenvalue weighted by Crippen LogP contribution is 2.12. The van der Waals surface area contributed by atoms with Crippen LogP contribution in [0.2, 0.25) is 0 Å². The lowest BCUT2D eigenvalue weighted by atomic mass is 10.1. The van der Waals surface area contributed by atoms with Crippen LogP contribution in [0.25, 0.3) is 0 Å². The van der Waals surface area contributed by atoms with Gasteiger partial charge in [-0.25, -0.2) is 0 Å². The van der Waals surface area contributed by atoms with Crippen LogP contribution in [0.4, 0.5) is 0 Å². The van der Waals surface area contributed by atoms with Crippen LogP contribution >= 0.6 is 0 Å². The first-order chi connectivity index (χ1) is 11.1. The van der Waals surface area contributed by atoms with Crippen LogP contribution < -0.4 is 5.32 Å². The topological polar surface area (TPSA) is 82.1 Å². The Morgan fingerprint density at radius 2 is 1.91 bits per heavy atom. The number of aliphatic hydroxyl groups is 1. The Hall–Kier alpha value is -1.44. The van der Waals surface area contributed by atoms with E-state index in [1.54, 1.807) is 11.0 Å². The molecule has 7 heteroatoms. The smallest absolute Gasteiger partial charge is 0.246 e. The number of aliphatic hydroxyl groups excluding tert-OH is 1. The molecular formula is C16H27N3O4. The van der Waals surface area contributed by atoms with Gasteiger partial charge in [-0.3, -0.25) is 14.5 Å². The van der Waals surface area contributed by atoms with Gasteiger partial charge in [0.1, 0.15) is 0 Å². The number of rotatable bonds is 4. The zero-order chi connectivity index (χ0) is 16.7. The monoisotopic (exact) mass is 325 g/mol. The second-order valence-electron chi connectivity index (χ2n) is 6.09. The number of carbonyl (C=O) groups excluding carboxylic acids is 2. The van der Waals surface area contributed by atoms with Gasteiger partial charge in [0, 0.05) is 45.7 Å². The molecule has 2 saturated heterocycles. The first-order valence-electron chi connectivity index (χ1n) is 8.27. The molecule has 23 heavy (non-hydrogen) atoms. The second kappa shape index (κ2) is 9.00. The third-order valence-corrected chi connectivity index (χ3v) is 4.30. The number of ether oxygens (including phenoxy) is 1. The van der Waals surface area contributed by atoms with Gasteiger partial charge in [0.2, 0.25) is 11.8 Å². The molecule has 2 atom stereocenters. The maximum absolute atomic E-state index is 12.3. The quantitative estimate of drug-likeness (QED) is 0.672. The molecule has 130 valence electrons. The maximum atomic E-state index is 12.3. The van der Waals surface area contributed by atoms with Crippen LogP contribution in [0.3, 0.4) is 0 Å². The third kappa shape index (κ3) is 5.93. The molecule has 0 spiro atoms. The minimum Gasteiger partial charge on any atom is -0.391 e. The van der Waals surface area contributed by atoms with Crippen molar-refractivity contribution in [2.24, 2.45) is 0 Å². The molecule has 0 aromatic carbocycles. The number of carbonyl (C=O) groups is 2. The molecule has 0 aromatic heterocycles. The summed E-state index contributed by atoms with van der Waals surface area (Å²) in [6.45, 7) is 6.53. The molecule has 0 saturated carbocycles. The Bertz CT molecular complexity index is 435. The Morgan fingerprint density at radius 3 is 2.61 bits per heavy atom. The van der Waals surface area contributed by atoms with Crippen LogP contribution in [-0.4, -0.2) is 84.8 Å². The van der Waals surface area contributed by atoms with Crippen LogP contribution in [0.15, 0.2) is 12.2 Å². The Labute approximate surface area is 137 Å². The summed E-state index contributed by atoms with van der Waals surface area (Å²) in [6, 6.07) is -0.275. The summed E-state index contributed by atoms with van der Waals surface area (Å²) in [4.78, 5) is 27.4. The molecule has 2 amide bonds. The number of likely N-dealkylation sites (tertiary alicyclic amines) is 1. The number of morpholine rings is 1. The lowest BCUT2D eigenvalue weighted by Gasteiger charge is -2.25. The maximum Gasteiger partial charge on any atom is 0.246 e. The molecule has 0 bridgehead atoms. The highest BCUT2D eigenvalue weighted by molar-refractivity contribution is 5.87. The largest absolute Gasteiger partial charge is 0.391 e. The summed E-state index contributed by atoms with van der Waals surface area (Å²) < 4.78 is 5.29. The van der Waals surface area contributed by atoms with Crippen LogP contribution in [0, 0.1) is 0 Å². The lowest BCUT2D eigenvalue weighted by Crippen LogP contribution is -2.42. The van der Waals surface area contributed by atoms with E-state index < -0.39 is 6.10 Å². The summed E-state index contributed by atoms with van der Waals surface area (Å²) in [5, 5.41) is 12.8. The summed E-state index contributed by atoms with van der Waals surface area (Å²) in [5.74, 6) is -0.187. The molecule has 0 aromatic rings. The fourth-order valence-electron chi connectivity index (χ4n) is 2.93. The molecule has 2 N–H and O–H groups in total. The first-order valence-corrected chi connectivity index (χ1v) is 8.27. The van der Waals surface area contributed by atoms with E-state index in [2.05, 4.69) is 10.2 Å². The first kappa shape index (κ1) is 17.9. The van der Waals surface area contributed by atoms with Gasteiger partial charge >= 0.3 is 0 Å². The van der Waals surface area contributed by atoms with E-state index in [0.717, 1.165) is 32.8 Å². The average molecular weight is 325 g/mol. The standard InChI is InChI=1S/C16H27N3O4/c1-13(20)17-14-4-7-19(8-5-15(14)21)16(22)3-2-6-18-9-11-23-12-10-18/h2-3,14-15,21H,4-12H2,1H3,(H,17,20)/b3-2+/t14-,15-/m0/s1. The summed E-state index contributed by atoms with van der Waals surface area (Å²) >= 11 is 0. The fraction of sp³-hybridized carbons (Fsp3) is 0.750. The number of hydrogen-bond acceptors (Lipinski definition) is 5. The van der Waals surface area contributed by atoms with Gasteiger partial charge in [0.25, 0.3) is 0 Å². The predicted molar refractivity (Wildman–Crippen MR) is 85.8 cm³/mol. The zero-order valence-electron chi connectivity index (χ0n) is 13.7. The molecule has 2 fully saturated rings. The molecule has 2 aliphatic heterocycles. The Balaban J connectivity index is 1.79. The molecule has 7 nitrogen and oxygen atoms in total. The summed E-state index contributed by atoms with van der Waals surface area (Å²) in [7, 11) is 0. The molecule has 2 aliphatic rings. The molecule has 0 unspecified atom stereocenters. The molecule has 0 aliphatic carbocycles. The highest BCUT2D eigenvalue weighted by Gasteiger charge is 2.26. The van der Waals surface area contributed by atoms with Crippen LogP contribution in [0.1, 0.15) is 19.8 Å². The van der Waals surface area contributed by atoms with E-state index >= 15 is 0 Å². The Morgan fingerprint density at radius 1 is 1.22 bits per heavy atom. The van der Waals surface area contributed by atoms with Crippen molar-refractivity contribution in [1.82, 2.24) is 15.1 Å². The van der Waals surface area contributed by atoms with E-state index in [0.29, 0.717) is 25.9 Å². The number of hydrogen-bond donors (Lipinski definition) is 2. The summed E-state index contributed by atoms with van der Waals surface area (Å²) in [6.07, 6.45) is 3.95. The fourth-order valence-corrected chi connectivity index (χ4v) is 2.93. The third-order valence-electron chi connectivity index (χ3n) is 4.30. The van der Waals surface area contributed by atoms with Gasteiger partial charge in [0.05, 0.1) is 25.4 Å². The van der Waals surface area contributed by atoms with Crippen molar-refractivity contribution in [2.75, 3.05) is 45.9 Å². The van der Waals surface area contributed by atoms with E-state index in [1.807, 2.05) is 6.08 Å². The molecule has 2 rings (SSSR count). The normalized spacial score (nSPS) is 27.0. The van der Waals surface area contributed by atoms with Gasteiger partial charge in [-0.05, 0) is 12.8 Å². The van der Waals surface area contributed by atoms with Gasteiger partial charge in [-0.15, -0.1) is 0 Å². The minimum atomic E-state index is -0.603. The van der Waals surface area contributed by atoms with Crippen LogP contribution in [-0.2, 0) is 14.3 Å². The van der Waals surface area contributed by atoms with Crippen molar-refractivity contribution in [3.05, 3.63) is 12.2 Å². The number of amides is 2. The van der Waals surface area contributed by atoms with Crippen LogP contribution in [0.5, 0.6) is 0 Å². The number of nitrogens with one attached hydrogen (secondary N) is 1. The van der Waals surface area contributed by atoms with Gasteiger partial charge < -0.3 is 20.1 Å². The highest BCUT2D eigenvalue weighted by atomic mass is 16.5. The summed E-state index contributed by atoms with van der Waals surface area (Å²) in [5.41, 5.74) is 0. The molecule has 0 radical (unpaired) electrons. The van der Waals surface area contributed by atoms with Gasteiger partial charge in [0.15, 0.2) is 0 Å². The van der Waals surface area contributed by atoms with Crippen molar-refractivity contribution >= 4 is 11.8 Å². The average Bonchev–Trinajstić information content (AvgIpc) is 2.70. The van der Waals surface area contributed by atoms with E-state index in [1.165, 1.54) is 6.92 Å². The van der Waals surface area contributed by atoms with Crippen molar-refractivity contribution in [2.45, 2.75) is 31.9 Å². The minimum absolute atomic E-state index is 0.0334. The van der Waals surface area contributed by atoms with Crippen molar-refractivity contribution < 1.29 is 19.4 Å². The number of nitrogens with zero attached hydrogens (tertiary/aromatic N) is 2. The van der Waals surface area contributed by atoms with Gasteiger partial charge in [-0.1, -0.05) is 6.08 Å². The Kier molecular flexibility index (Phi) is 7.01. The lowest BCUT2D eigenvalue weighted by molar-refractivity contribution is -0.126. The molecular weight excluding hydrogens is 298 g/mol. The molecule has 2 heterocycles. The van der Waals surface area contributed by atoms with Crippen molar-refractivity contribution in [1.29, 1.82) is 0 Å². The van der Waals surface area contributed by atoms with E-state index in [9.17, 15) is 14.7 Å². The van der Waals surface area contributed by atoms with E-state index in [4.69, 9.17) is 4.74 Å². The predicted octanol–water partition coefficient (Wildman–Crippen LogP) is -0.637. The van der Waals surface area contributed by atoms with Gasteiger partial charge in [-0.2, -0.15) is 0 Å². The van der Waals surface area contributed by atoms with Crippen molar-refractivity contribution in [3.63, 3.8) is 0 Å². The van der Waals surface area contributed by atoms with Crippen molar-refractivity contribution in [3.8, 4) is 0 Å². The SMILES string of the molecule is CC(=O)N[C@H]1CCN(C(=O)/C=C/CN2CCOCC2)CC[C@@H]1O. The second-order valence-corrected chi connectivity index (χ2v) is 6.09. The zero-order valence-corrected chi connectivity index (χ0v) is 13.7. The van der Waals surface area contributed by atoms with E-state index in [-0.39, 0.29) is 17.9 Å².